The van der Waals surface area contributed by atoms with Crippen LogP contribution in [-0.2, 0) is 14.3 Å². The number of carbonyl (C=O) groups is 2. The molecule has 0 fully saturated rings. The SMILES string of the molecule is COC(=O)C(=Cn1cccc1)C(C)=O. The molecule has 0 unspecified atom stereocenters. The van der Waals surface area contributed by atoms with E-state index >= 15 is 0 Å². The van der Waals surface area contributed by atoms with Gasteiger partial charge in [0.1, 0.15) is 5.57 Å². The van der Waals surface area contributed by atoms with Crippen molar-refractivity contribution in [1.82, 2.24) is 4.57 Å². The number of aromatic nitrogens is 1. The Kier molecular flexibility index (Phi) is 3.23. The Bertz CT molecular complexity index is 363. The number of hydrogen-bond donors (Lipinski definition) is 0. The summed E-state index contributed by atoms with van der Waals surface area (Å²) in [7, 11) is 1.24. The fraction of sp³-hybridized carbons (Fsp3) is 0.200. The number of carbonyl (C=O) groups excluding carboxylic acids is 2. The van der Waals surface area contributed by atoms with E-state index in [9.17, 15) is 9.59 Å². The lowest BCUT2D eigenvalue weighted by atomic mass is 10.2. The minimum absolute atomic E-state index is 0.0312. The minimum Gasteiger partial charge on any atom is -0.465 e. The van der Waals surface area contributed by atoms with Crippen molar-refractivity contribution in [2.75, 3.05) is 7.11 Å². The first kappa shape index (κ1) is 10.2. The van der Waals surface area contributed by atoms with Gasteiger partial charge < -0.3 is 9.30 Å². The summed E-state index contributed by atoms with van der Waals surface area (Å²) in [6.07, 6.45) is 4.89. The molecule has 1 aromatic heterocycles. The van der Waals surface area contributed by atoms with Gasteiger partial charge in [-0.1, -0.05) is 0 Å². The van der Waals surface area contributed by atoms with Crippen LogP contribution in [0.25, 0.3) is 6.20 Å². The highest BCUT2D eigenvalue weighted by atomic mass is 16.5. The van der Waals surface area contributed by atoms with Crippen LogP contribution in [0.3, 0.4) is 0 Å². The summed E-state index contributed by atoms with van der Waals surface area (Å²) in [5.74, 6) is -0.934. The second-order valence-corrected chi connectivity index (χ2v) is 2.72. The molecule has 0 spiro atoms. The number of Topliss-reactive ketones (excluding diaryl/α,β-unsaturated/α-hetero) is 1. The summed E-state index contributed by atoms with van der Waals surface area (Å²) in [6.45, 7) is 1.33. The first-order valence-electron chi connectivity index (χ1n) is 4.08. The Morgan fingerprint density at radius 3 is 2.29 bits per heavy atom. The van der Waals surface area contributed by atoms with Crippen LogP contribution in [0.4, 0.5) is 0 Å². The lowest BCUT2D eigenvalue weighted by Gasteiger charge is -2.01. The largest absolute Gasteiger partial charge is 0.465 e. The number of methoxy groups -OCH3 is 1. The molecule has 0 saturated heterocycles. The molecule has 0 saturated carbocycles. The molecule has 0 aromatic carbocycles. The Morgan fingerprint density at radius 2 is 1.86 bits per heavy atom. The van der Waals surface area contributed by atoms with E-state index in [2.05, 4.69) is 4.74 Å². The van der Waals surface area contributed by atoms with Gasteiger partial charge in [0.2, 0.25) is 0 Å². The van der Waals surface area contributed by atoms with E-state index < -0.39 is 5.97 Å². The summed E-state index contributed by atoms with van der Waals surface area (Å²) in [6, 6.07) is 3.59. The van der Waals surface area contributed by atoms with E-state index in [1.165, 1.54) is 20.2 Å². The zero-order valence-corrected chi connectivity index (χ0v) is 8.06. The molecule has 74 valence electrons. The maximum Gasteiger partial charge on any atom is 0.343 e. The zero-order chi connectivity index (χ0) is 10.6. The predicted octanol–water partition coefficient (Wildman–Crippen LogP) is 1.09. The van der Waals surface area contributed by atoms with E-state index in [4.69, 9.17) is 0 Å². The first-order valence-corrected chi connectivity index (χ1v) is 4.08. The molecule has 0 bridgehead atoms. The monoisotopic (exact) mass is 193 g/mol. The number of hydrogen-bond acceptors (Lipinski definition) is 3. The van der Waals surface area contributed by atoms with Crippen molar-refractivity contribution in [2.45, 2.75) is 6.92 Å². The summed E-state index contributed by atoms with van der Waals surface area (Å²) >= 11 is 0. The number of nitrogens with zero attached hydrogens (tertiary/aromatic N) is 1. The van der Waals surface area contributed by atoms with Gasteiger partial charge in [-0.05, 0) is 19.1 Å². The van der Waals surface area contributed by atoms with E-state index in [1.807, 2.05) is 0 Å². The molecule has 0 amide bonds. The molecule has 1 heterocycles. The normalized spacial score (nSPS) is 11.1. The second kappa shape index (κ2) is 4.41. The van der Waals surface area contributed by atoms with Crippen LogP contribution in [0.2, 0.25) is 0 Å². The number of esters is 1. The lowest BCUT2D eigenvalue weighted by molar-refractivity contribution is -0.137. The Labute approximate surface area is 81.8 Å². The van der Waals surface area contributed by atoms with Crippen molar-refractivity contribution >= 4 is 18.0 Å². The molecule has 4 nitrogen and oxygen atoms in total. The number of ketones is 1. The van der Waals surface area contributed by atoms with Crippen molar-refractivity contribution in [2.24, 2.45) is 0 Å². The van der Waals surface area contributed by atoms with Gasteiger partial charge in [0, 0.05) is 18.6 Å². The third-order valence-corrected chi connectivity index (χ3v) is 1.69. The summed E-state index contributed by atoms with van der Waals surface area (Å²) in [5, 5.41) is 0. The standard InChI is InChI=1S/C10H11NO3/c1-8(12)9(10(13)14-2)7-11-5-3-4-6-11/h3-7H,1-2H3. The van der Waals surface area contributed by atoms with Crippen LogP contribution in [-0.4, -0.2) is 23.4 Å². The molecule has 0 atom stereocenters. The van der Waals surface area contributed by atoms with Gasteiger partial charge in [-0.2, -0.15) is 0 Å². The van der Waals surface area contributed by atoms with Crippen molar-refractivity contribution in [3.8, 4) is 0 Å². The van der Waals surface area contributed by atoms with Gasteiger partial charge >= 0.3 is 5.97 Å². The van der Waals surface area contributed by atoms with Crippen LogP contribution < -0.4 is 0 Å². The first-order chi connectivity index (χ1) is 6.65. The highest BCUT2D eigenvalue weighted by molar-refractivity contribution is 6.18. The van der Waals surface area contributed by atoms with Crippen molar-refractivity contribution in [3.05, 3.63) is 30.1 Å². The van der Waals surface area contributed by atoms with Crippen molar-refractivity contribution < 1.29 is 14.3 Å². The molecule has 14 heavy (non-hydrogen) atoms. The third-order valence-electron chi connectivity index (χ3n) is 1.69. The fourth-order valence-corrected chi connectivity index (χ4v) is 0.980. The van der Waals surface area contributed by atoms with Gasteiger partial charge in [-0.25, -0.2) is 4.79 Å². The van der Waals surface area contributed by atoms with Gasteiger partial charge in [-0.15, -0.1) is 0 Å². The highest BCUT2D eigenvalue weighted by Gasteiger charge is 2.14. The maximum absolute atomic E-state index is 11.2. The number of rotatable bonds is 3. The Hall–Kier alpha value is -1.84. The van der Waals surface area contributed by atoms with Crippen LogP contribution in [0.15, 0.2) is 30.1 Å². The van der Waals surface area contributed by atoms with Crippen LogP contribution >= 0.6 is 0 Å². The van der Waals surface area contributed by atoms with E-state index in [0.29, 0.717) is 0 Å². The van der Waals surface area contributed by atoms with E-state index in [1.54, 1.807) is 29.1 Å². The number of ether oxygens (including phenoxy) is 1. The molecule has 0 aliphatic carbocycles. The summed E-state index contributed by atoms with van der Waals surface area (Å²) in [5.41, 5.74) is 0.0312. The predicted molar refractivity (Wildman–Crippen MR) is 51.4 cm³/mol. The highest BCUT2D eigenvalue weighted by Crippen LogP contribution is 2.03. The molecule has 1 aromatic rings. The summed E-state index contributed by atoms with van der Waals surface area (Å²) in [4.78, 5) is 22.2. The maximum atomic E-state index is 11.2. The lowest BCUT2D eigenvalue weighted by Crippen LogP contribution is -2.12. The molecule has 0 N–H and O–H groups in total. The molecule has 1 rings (SSSR count). The Balaban J connectivity index is 2.99. The topological polar surface area (TPSA) is 48.3 Å². The van der Waals surface area contributed by atoms with Gasteiger partial charge in [0.25, 0.3) is 0 Å². The third kappa shape index (κ3) is 2.32. The van der Waals surface area contributed by atoms with Crippen LogP contribution in [0.5, 0.6) is 0 Å². The smallest absolute Gasteiger partial charge is 0.343 e. The molecular weight excluding hydrogens is 182 g/mol. The molecule has 0 aliphatic heterocycles. The summed E-state index contributed by atoms with van der Waals surface area (Å²) < 4.78 is 6.10. The second-order valence-electron chi connectivity index (χ2n) is 2.72. The van der Waals surface area contributed by atoms with Gasteiger partial charge in [-0.3, -0.25) is 4.79 Å². The van der Waals surface area contributed by atoms with E-state index in [0.717, 1.165) is 0 Å². The minimum atomic E-state index is -0.619. The van der Waals surface area contributed by atoms with Crippen LogP contribution in [0, 0.1) is 0 Å². The average Bonchev–Trinajstić information content (AvgIpc) is 2.65. The van der Waals surface area contributed by atoms with Gasteiger partial charge in [0.05, 0.1) is 7.11 Å². The average molecular weight is 193 g/mol. The van der Waals surface area contributed by atoms with Crippen molar-refractivity contribution in [3.63, 3.8) is 0 Å². The zero-order valence-electron chi connectivity index (χ0n) is 8.06. The molecular formula is C10H11NO3. The van der Waals surface area contributed by atoms with Gasteiger partial charge in [0.15, 0.2) is 5.78 Å². The van der Waals surface area contributed by atoms with Crippen LogP contribution in [0.1, 0.15) is 6.92 Å². The quantitative estimate of drug-likeness (QED) is 0.312. The van der Waals surface area contributed by atoms with E-state index in [-0.39, 0.29) is 11.4 Å². The molecule has 0 aliphatic rings. The molecule has 0 radical (unpaired) electrons. The Morgan fingerprint density at radius 1 is 1.29 bits per heavy atom. The molecule has 4 heteroatoms. The van der Waals surface area contributed by atoms with Crippen molar-refractivity contribution in [1.29, 1.82) is 0 Å². The fourth-order valence-electron chi connectivity index (χ4n) is 0.980.